The first-order valence-electron chi connectivity index (χ1n) is 6.59. The SMILES string of the molecule is CC(C)C(C)(CN)NC(=O)CNS(=O)(=O)c1cn(C)cn1. The van der Waals surface area contributed by atoms with Gasteiger partial charge in [0, 0.05) is 19.8 Å². The molecule has 0 aliphatic carbocycles. The molecule has 9 heteroatoms. The Hall–Kier alpha value is -1.45. The van der Waals surface area contributed by atoms with Gasteiger partial charge in [0.2, 0.25) is 5.91 Å². The first kappa shape index (κ1) is 17.6. The third-order valence-electron chi connectivity index (χ3n) is 3.50. The predicted molar refractivity (Wildman–Crippen MR) is 78.8 cm³/mol. The number of nitrogens with two attached hydrogens (primary N) is 1. The maximum Gasteiger partial charge on any atom is 0.260 e. The Kier molecular flexibility index (Phi) is 5.48. The van der Waals surface area contributed by atoms with Crippen molar-refractivity contribution >= 4 is 15.9 Å². The Bertz CT molecular complexity index is 596. The third-order valence-corrected chi connectivity index (χ3v) is 4.79. The van der Waals surface area contributed by atoms with Crippen molar-refractivity contribution in [3.63, 3.8) is 0 Å². The van der Waals surface area contributed by atoms with Gasteiger partial charge in [-0.15, -0.1) is 0 Å². The normalized spacial score (nSPS) is 15.0. The molecule has 8 nitrogen and oxygen atoms in total. The number of nitrogens with zero attached hydrogens (tertiary/aromatic N) is 2. The molecule has 1 unspecified atom stereocenters. The lowest BCUT2D eigenvalue weighted by Crippen LogP contribution is -2.56. The van der Waals surface area contributed by atoms with Crippen LogP contribution >= 0.6 is 0 Å². The van der Waals surface area contributed by atoms with Crippen LogP contribution in [0.3, 0.4) is 0 Å². The molecule has 1 aromatic rings. The predicted octanol–water partition coefficient (Wildman–Crippen LogP) is -0.812. The molecule has 0 bridgehead atoms. The number of hydrogen-bond acceptors (Lipinski definition) is 5. The molecule has 0 radical (unpaired) electrons. The number of imidazole rings is 1. The van der Waals surface area contributed by atoms with Crippen LogP contribution in [0.15, 0.2) is 17.6 Å². The molecule has 120 valence electrons. The van der Waals surface area contributed by atoms with Crippen LogP contribution in [0.25, 0.3) is 0 Å². The standard InChI is InChI=1S/C12H23N5O3S/c1-9(2)12(3,7-13)16-10(18)5-15-21(19,20)11-6-17(4)8-14-11/h6,8-9,15H,5,7,13H2,1-4H3,(H,16,18). The van der Waals surface area contributed by atoms with Gasteiger partial charge in [0.05, 0.1) is 18.4 Å². The summed E-state index contributed by atoms with van der Waals surface area (Å²) in [6.45, 7) is 5.60. The summed E-state index contributed by atoms with van der Waals surface area (Å²) in [7, 11) is -2.13. The zero-order valence-electron chi connectivity index (χ0n) is 12.8. The highest BCUT2D eigenvalue weighted by Crippen LogP contribution is 2.14. The van der Waals surface area contributed by atoms with Gasteiger partial charge in [-0.2, -0.15) is 0 Å². The molecule has 21 heavy (non-hydrogen) atoms. The number of carbonyl (C=O) groups is 1. The van der Waals surface area contributed by atoms with E-state index < -0.39 is 21.5 Å². The molecule has 0 aliphatic heterocycles. The van der Waals surface area contributed by atoms with Crippen molar-refractivity contribution in [1.82, 2.24) is 19.6 Å². The highest BCUT2D eigenvalue weighted by Gasteiger charge is 2.29. The fourth-order valence-corrected chi connectivity index (χ4v) is 2.52. The molecule has 0 saturated heterocycles. The number of aromatic nitrogens is 2. The van der Waals surface area contributed by atoms with Gasteiger partial charge >= 0.3 is 0 Å². The van der Waals surface area contributed by atoms with Gasteiger partial charge in [0.1, 0.15) is 0 Å². The van der Waals surface area contributed by atoms with Crippen molar-refractivity contribution in [3.05, 3.63) is 12.5 Å². The molecule has 0 aromatic carbocycles. The van der Waals surface area contributed by atoms with Crippen molar-refractivity contribution in [2.45, 2.75) is 31.3 Å². The second-order valence-corrected chi connectivity index (χ2v) is 7.24. The smallest absolute Gasteiger partial charge is 0.260 e. The highest BCUT2D eigenvalue weighted by molar-refractivity contribution is 7.89. The van der Waals surface area contributed by atoms with Crippen LogP contribution in [0.1, 0.15) is 20.8 Å². The summed E-state index contributed by atoms with van der Waals surface area (Å²) in [6.07, 6.45) is 2.73. The Morgan fingerprint density at radius 1 is 1.52 bits per heavy atom. The molecule has 0 aliphatic rings. The average molecular weight is 317 g/mol. The zero-order valence-corrected chi connectivity index (χ0v) is 13.6. The molecule has 0 spiro atoms. The van der Waals surface area contributed by atoms with E-state index in [1.165, 1.54) is 17.1 Å². The first-order valence-corrected chi connectivity index (χ1v) is 8.08. The van der Waals surface area contributed by atoms with Gasteiger partial charge in [-0.3, -0.25) is 4.79 Å². The lowest BCUT2D eigenvalue weighted by Gasteiger charge is -2.33. The molecule has 1 atom stereocenters. The van der Waals surface area contributed by atoms with Gasteiger partial charge in [-0.25, -0.2) is 18.1 Å². The van der Waals surface area contributed by atoms with Crippen LogP contribution in [0.5, 0.6) is 0 Å². The number of carbonyl (C=O) groups excluding carboxylic acids is 1. The molecule has 1 aromatic heterocycles. The van der Waals surface area contributed by atoms with Crippen molar-refractivity contribution < 1.29 is 13.2 Å². The van der Waals surface area contributed by atoms with Gasteiger partial charge < -0.3 is 15.6 Å². The first-order chi connectivity index (χ1) is 9.60. The Labute approximate surface area is 125 Å². The van der Waals surface area contributed by atoms with Crippen LogP contribution in [-0.2, 0) is 21.9 Å². The molecule has 0 fully saturated rings. The van der Waals surface area contributed by atoms with E-state index in [0.29, 0.717) is 0 Å². The lowest BCUT2D eigenvalue weighted by molar-refractivity contribution is -0.122. The minimum Gasteiger partial charge on any atom is -0.348 e. The van der Waals surface area contributed by atoms with Gasteiger partial charge in [-0.05, 0) is 12.8 Å². The molecule has 1 heterocycles. The number of nitrogens with one attached hydrogen (secondary N) is 2. The summed E-state index contributed by atoms with van der Waals surface area (Å²) < 4.78 is 27.6. The molecule has 1 amide bonds. The second kappa shape index (κ2) is 6.54. The summed E-state index contributed by atoms with van der Waals surface area (Å²) in [5.41, 5.74) is 5.09. The maximum atomic E-state index is 11.9. The summed E-state index contributed by atoms with van der Waals surface area (Å²) in [5, 5.41) is 2.63. The second-order valence-electron chi connectivity index (χ2n) is 5.53. The van der Waals surface area contributed by atoms with E-state index in [0.717, 1.165) is 0 Å². The molecular weight excluding hydrogens is 294 g/mol. The monoisotopic (exact) mass is 317 g/mol. The van der Waals surface area contributed by atoms with E-state index in [-0.39, 0.29) is 24.0 Å². The minimum atomic E-state index is -3.79. The molecular formula is C12H23N5O3S. The number of aryl methyl sites for hydroxylation is 1. The summed E-state index contributed by atoms with van der Waals surface area (Å²) in [6, 6.07) is 0. The number of sulfonamides is 1. The Morgan fingerprint density at radius 3 is 2.57 bits per heavy atom. The van der Waals surface area contributed by atoms with E-state index in [9.17, 15) is 13.2 Å². The quantitative estimate of drug-likeness (QED) is 0.607. The van der Waals surface area contributed by atoms with Crippen LogP contribution < -0.4 is 15.8 Å². The Balaban J connectivity index is 2.65. The van der Waals surface area contributed by atoms with Crippen LogP contribution in [-0.4, -0.2) is 42.5 Å². The number of amides is 1. The lowest BCUT2D eigenvalue weighted by atomic mass is 9.88. The zero-order chi connectivity index (χ0) is 16.3. The summed E-state index contributed by atoms with van der Waals surface area (Å²) >= 11 is 0. The van der Waals surface area contributed by atoms with E-state index in [1.54, 1.807) is 7.05 Å². The van der Waals surface area contributed by atoms with Crippen LogP contribution in [0.4, 0.5) is 0 Å². The van der Waals surface area contributed by atoms with Gasteiger partial charge in [-0.1, -0.05) is 13.8 Å². The largest absolute Gasteiger partial charge is 0.348 e. The van der Waals surface area contributed by atoms with E-state index in [4.69, 9.17) is 5.73 Å². The third kappa shape index (κ3) is 4.51. The summed E-state index contributed by atoms with van der Waals surface area (Å²) in [5.74, 6) is -0.310. The number of hydrogen-bond donors (Lipinski definition) is 3. The maximum absolute atomic E-state index is 11.9. The van der Waals surface area contributed by atoms with Crippen LogP contribution in [0, 0.1) is 5.92 Å². The van der Waals surface area contributed by atoms with Crippen molar-refractivity contribution in [1.29, 1.82) is 0 Å². The van der Waals surface area contributed by atoms with Gasteiger partial charge in [0.15, 0.2) is 5.03 Å². The average Bonchev–Trinajstić information content (AvgIpc) is 2.83. The number of rotatable bonds is 7. The molecule has 4 N–H and O–H groups in total. The fourth-order valence-electron chi connectivity index (χ4n) is 1.56. The fraction of sp³-hybridized carbons (Fsp3) is 0.667. The highest BCUT2D eigenvalue weighted by atomic mass is 32.2. The van der Waals surface area contributed by atoms with Crippen molar-refractivity contribution in [2.24, 2.45) is 18.7 Å². The van der Waals surface area contributed by atoms with E-state index in [2.05, 4.69) is 15.0 Å². The van der Waals surface area contributed by atoms with Gasteiger partial charge in [0.25, 0.3) is 10.0 Å². The summed E-state index contributed by atoms with van der Waals surface area (Å²) in [4.78, 5) is 15.6. The van der Waals surface area contributed by atoms with Crippen LogP contribution in [0.2, 0.25) is 0 Å². The topological polar surface area (TPSA) is 119 Å². The molecule has 1 rings (SSSR count). The minimum absolute atomic E-state index is 0.122. The van der Waals surface area contributed by atoms with E-state index in [1.807, 2.05) is 20.8 Å². The van der Waals surface area contributed by atoms with Crippen molar-refractivity contribution in [2.75, 3.05) is 13.1 Å². The van der Waals surface area contributed by atoms with E-state index >= 15 is 0 Å². The van der Waals surface area contributed by atoms with Crippen molar-refractivity contribution in [3.8, 4) is 0 Å². The molecule has 0 saturated carbocycles. The Morgan fingerprint density at radius 2 is 2.14 bits per heavy atom.